The number of hydrogen-bond acceptors (Lipinski definition) is 4. The van der Waals surface area contributed by atoms with Crippen molar-refractivity contribution in [3.05, 3.63) is 46.4 Å². The number of ether oxygens (including phenoxy) is 1. The topological polar surface area (TPSA) is 82.3 Å². The van der Waals surface area contributed by atoms with Crippen LogP contribution in [0.2, 0.25) is 0 Å². The number of methoxy groups -OCH3 is 1. The summed E-state index contributed by atoms with van der Waals surface area (Å²) in [5.74, 6) is -3.72. The van der Waals surface area contributed by atoms with Crippen molar-refractivity contribution in [2.45, 2.75) is 57.2 Å². The third-order valence-corrected chi connectivity index (χ3v) is 6.83. The number of carboxylic acids is 1. The van der Waals surface area contributed by atoms with Crippen LogP contribution in [0.25, 0.3) is 0 Å². The SMILES string of the molecule is COCCC1NC(C)=C(C#N)C(c2ccc(F)cc2C(F)(F)F)C1(CC1CCC1)C(=O)O. The van der Waals surface area contributed by atoms with Crippen LogP contribution in [0.4, 0.5) is 17.6 Å². The average Bonchev–Trinajstić information content (AvgIpc) is 2.68. The minimum atomic E-state index is -4.92. The Bertz CT molecular complexity index is 950. The number of benzene rings is 1. The molecule has 32 heavy (non-hydrogen) atoms. The van der Waals surface area contributed by atoms with Gasteiger partial charge in [-0.2, -0.15) is 18.4 Å². The van der Waals surface area contributed by atoms with Crippen molar-refractivity contribution in [3.8, 4) is 6.07 Å². The number of nitriles is 1. The second-order valence-electron chi connectivity index (χ2n) is 8.64. The van der Waals surface area contributed by atoms with Crippen molar-refractivity contribution < 1.29 is 32.2 Å². The molecule has 0 radical (unpaired) electrons. The molecule has 9 heteroatoms. The van der Waals surface area contributed by atoms with Gasteiger partial charge in [0.25, 0.3) is 0 Å². The molecule has 1 aliphatic heterocycles. The number of carboxylic acid groups (broad SMARTS) is 1. The van der Waals surface area contributed by atoms with E-state index in [2.05, 4.69) is 5.32 Å². The van der Waals surface area contributed by atoms with E-state index in [1.807, 2.05) is 6.07 Å². The van der Waals surface area contributed by atoms with Crippen molar-refractivity contribution in [1.82, 2.24) is 5.32 Å². The number of nitrogens with one attached hydrogen (secondary N) is 1. The summed E-state index contributed by atoms with van der Waals surface area (Å²) in [5, 5.41) is 23.5. The van der Waals surface area contributed by atoms with Crippen LogP contribution in [0.5, 0.6) is 0 Å². The fraction of sp³-hybridized carbons (Fsp3) is 0.565. The predicted molar refractivity (Wildman–Crippen MR) is 108 cm³/mol. The molecule has 2 N–H and O–H groups in total. The standard InChI is InChI=1S/C23H26F4N2O3/c1-13-17(12-28)20(16-7-6-15(24)10-18(16)23(25,26)27)22(21(30)31,11-14-4-3-5-14)19(29-13)8-9-32-2/h6-7,10,14,19-20,29H,3-5,8-9,11H2,1-2H3,(H,30,31). The van der Waals surface area contributed by atoms with Gasteiger partial charge in [-0.15, -0.1) is 0 Å². The van der Waals surface area contributed by atoms with E-state index in [0.717, 1.165) is 31.4 Å². The number of rotatable bonds is 7. The fourth-order valence-corrected chi connectivity index (χ4v) is 5.11. The predicted octanol–water partition coefficient (Wildman–Crippen LogP) is 5.00. The van der Waals surface area contributed by atoms with Crippen LogP contribution in [0.3, 0.4) is 0 Å². The molecule has 0 aromatic heterocycles. The lowest BCUT2D eigenvalue weighted by Gasteiger charge is -2.50. The summed E-state index contributed by atoms with van der Waals surface area (Å²) in [6.07, 6.45) is -2.10. The summed E-state index contributed by atoms with van der Waals surface area (Å²) in [5.41, 5.74) is -3.12. The van der Waals surface area contributed by atoms with Gasteiger partial charge < -0.3 is 15.2 Å². The molecule has 1 saturated carbocycles. The maximum absolute atomic E-state index is 14.0. The zero-order chi connectivity index (χ0) is 23.7. The van der Waals surface area contributed by atoms with Gasteiger partial charge in [-0.05, 0) is 43.4 Å². The molecule has 3 unspecified atom stereocenters. The zero-order valence-corrected chi connectivity index (χ0v) is 17.9. The summed E-state index contributed by atoms with van der Waals surface area (Å²) in [6, 6.07) is 3.42. The van der Waals surface area contributed by atoms with E-state index < -0.39 is 40.9 Å². The largest absolute Gasteiger partial charge is 0.481 e. The summed E-state index contributed by atoms with van der Waals surface area (Å²) in [6.45, 7) is 1.74. The molecule has 1 fully saturated rings. The van der Waals surface area contributed by atoms with Gasteiger partial charge in [0.2, 0.25) is 0 Å². The summed E-state index contributed by atoms with van der Waals surface area (Å²) >= 11 is 0. The monoisotopic (exact) mass is 454 g/mol. The van der Waals surface area contributed by atoms with Gasteiger partial charge in [0.05, 0.1) is 22.6 Å². The van der Waals surface area contributed by atoms with E-state index in [0.29, 0.717) is 11.8 Å². The van der Waals surface area contributed by atoms with Gasteiger partial charge in [0, 0.05) is 31.4 Å². The molecule has 5 nitrogen and oxygen atoms in total. The average molecular weight is 454 g/mol. The molecule has 0 saturated heterocycles. The third kappa shape index (κ3) is 4.20. The van der Waals surface area contributed by atoms with Crippen LogP contribution < -0.4 is 5.32 Å². The maximum atomic E-state index is 14.0. The Balaban J connectivity index is 2.32. The van der Waals surface area contributed by atoms with Crippen molar-refractivity contribution >= 4 is 5.97 Å². The van der Waals surface area contributed by atoms with Gasteiger partial charge in [0.1, 0.15) is 5.82 Å². The molecule has 1 aromatic rings. The second kappa shape index (κ2) is 9.10. The Hall–Kier alpha value is -2.60. The highest BCUT2D eigenvalue weighted by Gasteiger charge is 2.58. The van der Waals surface area contributed by atoms with Crippen LogP contribution >= 0.6 is 0 Å². The lowest BCUT2D eigenvalue weighted by Crippen LogP contribution is -2.58. The Morgan fingerprint density at radius 1 is 1.38 bits per heavy atom. The molecular formula is C23H26F4N2O3. The molecule has 2 aliphatic rings. The fourth-order valence-electron chi connectivity index (χ4n) is 5.11. The highest BCUT2D eigenvalue weighted by atomic mass is 19.4. The maximum Gasteiger partial charge on any atom is 0.416 e. The summed E-state index contributed by atoms with van der Waals surface area (Å²) in [7, 11) is 1.46. The molecule has 1 aliphatic carbocycles. The lowest BCUT2D eigenvalue weighted by molar-refractivity contribution is -0.156. The molecule has 0 amide bonds. The van der Waals surface area contributed by atoms with E-state index in [-0.39, 0.29) is 36.5 Å². The van der Waals surface area contributed by atoms with Gasteiger partial charge in [0.15, 0.2) is 0 Å². The lowest BCUT2D eigenvalue weighted by atomic mass is 9.56. The quantitative estimate of drug-likeness (QED) is 0.567. The smallest absolute Gasteiger partial charge is 0.416 e. The molecule has 0 spiro atoms. The van der Waals surface area contributed by atoms with E-state index in [1.165, 1.54) is 7.11 Å². The van der Waals surface area contributed by atoms with Crippen LogP contribution in [0.1, 0.15) is 56.1 Å². The van der Waals surface area contributed by atoms with Crippen LogP contribution in [-0.2, 0) is 15.7 Å². The first-order valence-electron chi connectivity index (χ1n) is 10.5. The van der Waals surface area contributed by atoms with Crippen molar-refractivity contribution in [3.63, 3.8) is 0 Å². The molecule has 1 aromatic carbocycles. The molecule has 1 heterocycles. The zero-order valence-electron chi connectivity index (χ0n) is 17.9. The Morgan fingerprint density at radius 3 is 2.56 bits per heavy atom. The number of halogens is 4. The highest BCUT2D eigenvalue weighted by Crippen LogP contribution is 2.56. The molecule has 0 bridgehead atoms. The molecule has 174 valence electrons. The third-order valence-electron chi connectivity index (χ3n) is 6.83. The molecule has 3 rings (SSSR count). The first-order chi connectivity index (χ1) is 15.1. The number of hydrogen-bond donors (Lipinski definition) is 2. The van der Waals surface area contributed by atoms with Gasteiger partial charge in [-0.3, -0.25) is 4.79 Å². The number of aliphatic carboxylic acids is 1. The summed E-state index contributed by atoms with van der Waals surface area (Å²) < 4.78 is 60.9. The van der Waals surface area contributed by atoms with Gasteiger partial charge >= 0.3 is 12.1 Å². The Morgan fingerprint density at radius 2 is 2.06 bits per heavy atom. The Kier molecular flexibility index (Phi) is 6.84. The first-order valence-corrected chi connectivity index (χ1v) is 10.5. The van der Waals surface area contributed by atoms with Gasteiger partial charge in [-0.1, -0.05) is 25.3 Å². The van der Waals surface area contributed by atoms with Crippen molar-refractivity contribution in [1.29, 1.82) is 5.26 Å². The normalized spacial score (nSPS) is 26.3. The van der Waals surface area contributed by atoms with Crippen molar-refractivity contribution in [2.24, 2.45) is 11.3 Å². The van der Waals surface area contributed by atoms with Gasteiger partial charge in [-0.25, -0.2) is 4.39 Å². The van der Waals surface area contributed by atoms with E-state index >= 15 is 0 Å². The molecule has 3 atom stereocenters. The number of alkyl halides is 3. The molecular weight excluding hydrogens is 428 g/mol. The van der Waals surface area contributed by atoms with E-state index in [9.17, 15) is 32.7 Å². The first kappa shape index (κ1) is 24.1. The van der Waals surface area contributed by atoms with E-state index in [4.69, 9.17) is 4.74 Å². The number of nitrogens with zero attached hydrogens (tertiary/aromatic N) is 1. The second-order valence-corrected chi connectivity index (χ2v) is 8.64. The van der Waals surface area contributed by atoms with E-state index in [1.54, 1.807) is 6.92 Å². The van der Waals surface area contributed by atoms with Crippen LogP contribution in [0, 0.1) is 28.5 Å². The summed E-state index contributed by atoms with van der Waals surface area (Å²) in [4.78, 5) is 12.9. The number of allylic oxidation sites excluding steroid dienone is 2. The minimum Gasteiger partial charge on any atom is -0.481 e. The van der Waals surface area contributed by atoms with Crippen LogP contribution in [-0.4, -0.2) is 30.8 Å². The Labute approximate surface area is 184 Å². The van der Waals surface area contributed by atoms with Crippen molar-refractivity contribution in [2.75, 3.05) is 13.7 Å². The minimum absolute atomic E-state index is 0.0218. The number of carbonyl (C=O) groups is 1. The highest BCUT2D eigenvalue weighted by molar-refractivity contribution is 5.80. The van der Waals surface area contributed by atoms with Crippen LogP contribution in [0.15, 0.2) is 29.5 Å².